The molecule has 0 aliphatic carbocycles. The van der Waals surface area contributed by atoms with Crippen molar-refractivity contribution >= 4 is 0 Å². The van der Waals surface area contributed by atoms with E-state index in [1.54, 1.807) is 17.1 Å². The van der Waals surface area contributed by atoms with Crippen molar-refractivity contribution in [2.45, 2.75) is 12.1 Å². The van der Waals surface area contributed by atoms with E-state index in [1.165, 1.54) is 0 Å². The molecule has 2 rings (SSSR count). The third-order valence-corrected chi connectivity index (χ3v) is 1.80. The van der Waals surface area contributed by atoms with Gasteiger partial charge in [0.25, 0.3) is 0 Å². The number of hydrogen-bond acceptors (Lipinski definition) is 4. The summed E-state index contributed by atoms with van der Waals surface area (Å²) in [5.41, 5.74) is 0. The number of aromatic nitrogens is 3. The Balaban J connectivity index is 2.16. The van der Waals surface area contributed by atoms with Crippen LogP contribution in [0.2, 0.25) is 0 Å². The van der Waals surface area contributed by atoms with E-state index in [4.69, 9.17) is 4.74 Å². The summed E-state index contributed by atoms with van der Waals surface area (Å²) in [6, 6.07) is -0.0579. The summed E-state index contributed by atoms with van der Waals surface area (Å²) in [6.07, 6.45) is 2.87. The van der Waals surface area contributed by atoms with Gasteiger partial charge >= 0.3 is 0 Å². The van der Waals surface area contributed by atoms with Gasteiger partial charge in [0, 0.05) is 6.20 Å². The van der Waals surface area contributed by atoms with Crippen molar-refractivity contribution in [2.24, 2.45) is 0 Å². The molecule has 1 N–H and O–H groups in total. The van der Waals surface area contributed by atoms with Crippen LogP contribution in [0.5, 0.6) is 0 Å². The molecule has 2 atom stereocenters. The van der Waals surface area contributed by atoms with Crippen LogP contribution in [0.1, 0.15) is 6.04 Å². The molecule has 2 unspecified atom stereocenters. The lowest BCUT2D eigenvalue weighted by Gasteiger charge is -2.10. The molecule has 11 heavy (non-hydrogen) atoms. The Morgan fingerprint density at radius 1 is 1.55 bits per heavy atom. The second kappa shape index (κ2) is 2.60. The van der Waals surface area contributed by atoms with Gasteiger partial charge in [0.05, 0.1) is 19.4 Å². The molecule has 1 aromatic rings. The Hall–Kier alpha value is -0.940. The van der Waals surface area contributed by atoms with Crippen LogP contribution in [-0.4, -0.2) is 39.4 Å². The summed E-state index contributed by atoms with van der Waals surface area (Å²) in [4.78, 5) is 0. The second-order valence-corrected chi connectivity index (χ2v) is 2.56. The maximum atomic E-state index is 9.35. The van der Waals surface area contributed by atoms with Crippen molar-refractivity contribution in [1.82, 2.24) is 15.0 Å². The van der Waals surface area contributed by atoms with E-state index in [2.05, 4.69) is 10.3 Å². The molecule has 0 bridgehead atoms. The Bertz CT molecular complexity index is 224. The highest BCUT2D eigenvalue weighted by Crippen LogP contribution is 2.17. The molecule has 0 amide bonds. The van der Waals surface area contributed by atoms with Crippen molar-refractivity contribution in [3.05, 3.63) is 12.4 Å². The molecule has 5 nitrogen and oxygen atoms in total. The van der Waals surface area contributed by atoms with Crippen LogP contribution in [-0.2, 0) is 4.74 Å². The monoisotopic (exact) mass is 155 g/mol. The predicted molar refractivity (Wildman–Crippen MR) is 35.9 cm³/mol. The van der Waals surface area contributed by atoms with Crippen molar-refractivity contribution < 1.29 is 9.84 Å². The first-order chi connectivity index (χ1) is 5.38. The minimum absolute atomic E-state index is 0.0579. The van der Waals surface area contributed by atoms with Gasteiger partial charge in [0.15, 0.2) is 0 Å². The van der Waals surface area contributed by atoms with Crippen LogP contribution in [0.15, 0.2) is 12.4 Å². The third kappa shape index (κ3) is 1.12. The topological polar surface area (TPSA) is 60.2 Å². The van der Waals surface area contributed by atoms with E-state index in [0.717, 1.165) is 0 Å². The smallest absolute Gasteiger partial charge is 0.105 e. The molecular formula is C6H9N3O2. The lowest BCUT2D eigenvalue weighted by Crippen LogP contribution is -2.22. The van der Waals surface area contributed by atoms with Gasteiger partial charge in [-0.15, -0.1) is 5.10 Å². The van der Waals surface area contributed by atoms with Gasteiger partial charge in [-0.2, -0.15) is 0 Å². The summed E-state index contributed by atoms with van der Waals surface area (Å²) in [5, 5.41) is 16.8. The zero-order valence-electron chi connectivity index (χ0n) is 5.92. The first kappa shape index (κ1) is 6.75. The second-order valence-electron chi connectivity index (χ2n) is 2.56. The summed E-state index contributed by atoms with van der Waals surface area (Å²) in [7, 11) is 0. The van der Waals surface area contributed by atoms with E-state index in [1.807, 2.05) is 0 Å². The van der Waals surface area contributed by atoms with Gasteiger partial charge < -0.3 is 9.84 Å². The average Bonchev–Trinajstić information content (AvgIpc) is 2.55. The minimum atomic E-state index is -0.448. The van der Waals surface area contributed by atoms with Gasteiger partial charge in [-0.3, -0.25) is 0 Å². The Morgan fingerprint density at radius 2 is 2.45 bits per heavy atom. The third-order valence-electron chi connectivity index (χ3n) is 1.80. The first-order valence-electron chi connectivity index (χ1n) is 3.49. The predicted octanol–water partition coefficient (Wildman–Crippen LogP) is -0.790. The van der Waals surface area contributed by atoms with Crippen LogP contribution in [0.4, 0.5) is 0 Å². The molecule has 0 radical (unpaired) electrons. The van der Waals surface area contributed by atoms with Crippen LogP contribution < -0.4 is 0 Å². The highest BCUT2D eigenvalue weighted by molar-refractivity contribution is 4.81. The van der Waals surface area contributed by atoms with E-state index < -0.39 is 6.10 Å². The maximum absolute atomic E-state index is 9.35. The molecule has 5 heteroatoms. The first-order valence-corrected chi connectivity index (χ1v) is 3.49. The van der Waals surface area contributed by atoms with Gasteiger partial charge in [0.2, 0.25) is 0 Å². The molecule has 1 aromatic heterocycles. The molecule has 1 aliphatic heterocycles. The molecule has 0 spiro atoms. The number of ether oxygens (including phenoxy) is 1. The fourth-order valence-corrected chi connectivity index (χ4v) is 1.18. The number of aliphatic hydroxyl groups excluding tert-OH is 1. The molecular weight excluding hydrogens is 146 g/mol. The number of aliphatic hydroxyl groups is 1. The van der Waals surface area contributed by atoms with E-state index in [9.17, 15) is 5.11 Å². The van der Waals surface area contributed by atoms with Crippen molar-refractivity contribution in [3.8, 4) is 0 Å². The standard InChI is InChI=1S/C6H9N3O2/c10-6-4-11-3-5(6)9-2-1-7-8-9/h1-2,5-6,10H,3-4H2. The molecule has 2 heterocycles. The summed E-state index contributed by atoms with van der Waals surface area (Å²) in [5.74, 6) is 0. The van der Waals surface area contributed by atoms with Crippen molar-refractivity contribution in [1.29, 1.82) is 0 Å². The van der Waals surface area contributed by atoms with E-state index in [0.29, 0.717) is 13.2 Å². The molecule has 1 saturated heterocycles. The van der Waals surface area contributed by atoms with Crippen molar-refractivity contribution in [3.63, 3.8) is 0 Å². The van der Waals surface area contributed by atoms with Crippen LogP contribution in [0.3, 0.4) is 0 Å². The summed E-state index contributed by atoms with van der Waals surface area (Å²) in [6.45, 7) is 0.912. The number of hydrogen-bond donors (Lipinski definition) is 1. The Kier molecular flexibility index (Phi) is 1.59. The van der Waals surface area contributed by atoms with Gasteiger partial charge in [-0.05, 0) is 0 Å². The maximum Gasteiger partial charge on any atom is 0.105 e. The minimum Gasteiger partial charge on any atom is -0.388 e. The van der Waals surface area contributed by atoms with Crippen LogP contribution in [0.25, 0.3) is 0 Å². The van der Waals surface area contributed by atoms with Crippen LogP contribution >= 0.6 is 0 Å². The largest absolute Gasteiger partial charge is 0.388 e. The molecule has 60 valence electrons. The Morgan fingerprint density at radius 3 is 3.00 bits per heavy atom. The highest BCUT2D eigenvalue weighted by Gasteiger charge is 2.27. The van der Waals surface area contributed by atoms with Gasteiger partial charge in [-0.25, -0.2) is 4.68 Å². The van der Waals surface area contributed by atoms with Crippen LogP contribution in [0, 0.1) is 0 Å². The molecule has 0 aromatic carbocycles. The number of rotatable bonds is 1. The zero-order chi connectivity index (χ0) is 7.68. The van der Waals surface area contributed by atoms with Gasteiger partial charge in [0.1, 0.15) is 12.1 Å². The lowest BCUT2D eigenvalue weighted by molar-refractivity contribution is 0.117. The average molecular weight is 155 g/mol. The SMILES string of the molecule is OC1COCC1n1ccnn1. The highest BCUT2D eigenvalue weighted by atomic mass is 16.5. The molecule has 1 aliphatic rings. The number of nitrogens with zero attached hydrogens (tertiary/aromatic N) is 3. The fraction of sp³-hybridized carbons (Fsp3) is 0.667. The van der Waals surface area contributed by atoms with Crippen molar-refractivity contribution in [2.75, 3.05) is 13.2 Å². The molecule has 0 saturated carbocycles. The lowest BCUT2D eigenvalue weighted by atomic mass is 10.2. The van der Waals surface area contributed by atoms with E-state index in [-0.39, 0.29) is 6.04 Å². The normalized spacial score (nSPS) is 31.0. The van der Waals surface area contributed by atoms with Gasteiger partial charge in [-0.1, -0.05) is 5.21 Å². The summed E-state index contributed by atoms with van der Waals surface area (Å²) < 4.78 is 6.68. The quantitative estimate of drug-likeness (QED) is 0.577. The van der Waals surface area contributed by atoms with E-state index >= 15 is 0 Å². The zero-order valence-corrected chi connectivity index (χ0v) is 5.92. The molecule has 1 fully saturated rings. The fourth-order valence-electron chi connectivity index (χ4n) is 1.18. The summed E-state index contributed by atoms with van der Waals surface area (Å²) >= 11 is 0. The Labute approximate surface area is 63.6 Å².